The highest BCUT2D eigenvalue weighted by Crippen LogP contribution is 2.36. The van der Waals surface area contributed by atoms with Crippen molar-refractivity contribution in [2.45, 2.75) is 11.8 Å². The van der Waals surface area contributed by atoms with Gasteiger partial charge in [0.15, 0.2) is 9.84 Å². The fraction of sp³-hybridized carbons (Fsp3) is 0.100. The number of benzene rings is 2. The van der Waals surface area contributed by atoms with Crippen LogP contribution in [0.5, 0.6) is 0 Å². The van der Waals surface area contributed by atoms with Gasteiger partial charge >= 0.3 is 5.69 Å². The maximum atomic E-state index is 13.2. The van der Waals surface area contributed by atoms with E-state index in [0.717, 1.165) is 10.8 Å². The minimum Gasteiger partial charge on any atom is -0.298 e. The Morgan fingerprint density at radius 1 is 1.03 bits per heavy atom. The van der Waals surface area contributed by atoms with Crippen molar-refractivity contribution < 1.29 is 13.3 Å². The molecule has 0 saturated carbocycles. The molecule has 4 aromatic rings. The van der Waals surface area contributed by atoms with Crippen LogP contribution in [0, 0.1) is 17.0 Å². The summed E-state index contributed by atoms with van der Waals surface area (Å²) in [6.07, 6.45) is 1.07. The zero-order valence-electron chi connectivity index (χ0n) is 16.3. The van der Waals surface area contributed by atoms with E-state index in [4.69, 9.17) is 0 Å². The third kappa shape index (κ3) is 3.57. The molecule has 9 nitrogen and oxygen atoms in total. The van der Waals surface area contributed by atoms with Gasteiger partial charge in [-0.15, -0.1) is 11.3 Å². The van der Waals surface area contributed by atoms with Crippen molar-refractivity contribution in [1.29, 1.82) is 0 Å². The smallest absolute Gasteiger partial charge is 0.298 e. The molecule has 0 spiro atoms. The van der Waals surface area contributed by atoms with Gasteiger partial charge < -0.3 is 0 Å². The standard InChI is InChI=1S/C20H15N3O6S2/c1-11-16-18(30-17(11)12-3-5-14(6-4-12)23(26)27)21-20(25)22(19(16)24)13-7-9-15(10-8-13)31(2,28)29/h3-10H,1-2H3,(H,21,25). The minimum absolute atomic E-state index is 0.0455. The Morgan fingerprint density at radius 2 is 1.65 bits per heavy atom. The summed E-state index contributed by atoms with van der Waals surface area (Å²) in [4.78, 5) is 40.1. The van der Waals surface area contributed by atoms with E-state index in [1.165, 1.54) is 47.7 Å². The van der Waals surface area contributed by atoms with Crippen LogP contribution >= 0.6 is 11.3 Å². The first-order chi connectivity index (χ1) is 14.6. The molecule has 4 rings (SSSR count). The molecule has 2 aromatic carbocycles. The molecular weight excluding hydrogens is 442 g/mol. The third-order valence-corrected chi connectivity index (χ3v) is 7.24. The van der Waals surface area contributed by atoms with Crippen molar-refractivity contribution in [2.75, 3.05) is 6.26 Å². The van der Waals surface area contributed by atoms with E-state index in [-0.39, 0.29) is 16.3 Å². The number of non-ortho nitro benzene ring substituents is 1. The maximum Gasteiger partial charge on any atom is 0.334 e. The summed E-state index contributed by atoms with van der Waals surface area (Å²) in [7, 11) is -3.41. The summed E-state index contributed by atoms with van der Waals surface area (Å²) in [5.41, 5.74) is 0.331. The fourth-order valence-corrected chi connectivity index (χ4v) is 5.13. The van der Waals surface area contributed by atoms with Crippen LogP contribution in [0.1, 0.15) is 5.56 Å². The lowest BCUT2D eigenvalue weighted by molar-refractivity contribution is -0.384. The molecule has 158 valence electrons. The summed E-state index contributed by atoms with van der Waals surface area (Å²) in [6.45, 7) is 1.74. The molecule has 2 aromatic heterocycles. The van der Waals surface area contributed by atoms with Gasteiger partial charge in [-0.25, -0.2) is 17.8 Å². The summed E-state index contributed by atoms with van der Waals surface area (Å²) in [5.74, 6) is 0. The van der Waals surface area contributed by atoms with Gasteiger partial charge in [-0.2, -0.15) is 0 Å². The lowest BCUT2D eigenvalue weighted by Gasteiger charge is -2.06. The number of nitro benzene ring substituents is 1. The average Bonchev–Trinajstić information content (AvgIpc) is 3.04. The fourth-order valence-electron chi connectivity index (χ4n) is 3.30. The molecule has 0 radical (unpaired) electrons. The Bertz CT molecular complexity index is 1560. The van der Waals surface area contributed by atoms with Crippen LogP contribution in [0.25, 0.3) is 26.3 Å². The molecule has 0 atom stereocenters. The average molecular weight is 457 g/mol. The number of nitrogens with zero attached hydrogens (tertiary/aromatic N) is 2. The number of sulfone groups is 1. The molecule has 1 N–H and O–H groups in total. The molecule has 0 aliphatic rings. The largest absolute Gasteiger partial charge is 0.334 e. The summed E-state index contributed by atoms with van der Waals surface area (Å²) in [5, 5.41) is 11.2. The van der Waals surface area contributed by atoms with Crippen LogP contribution in [-0.4, -0.2) is 29.1 Å². The van der Waals surface area contributed by atoms with Gasteiger partial charge in [0, 0.05) is 23.3 Å². The lowest BCUT2D eigenvalue weighted by Crippen LogP contribution is -2.33. The summed E-state index contributed by atoms with van der Waals surface area (Å²) < 4.78 is 24.3. The van der Waals surface area contributed by atoms with Crippen molar-refractivity contribution in [3.63, 3.8) is 0 Å². The Labute approximate surface area is 179 Å². The highest BCUT2D eigenvalue weighted by Gasteiger charge is 2.19. The van der Waals surface area contributed by atoms with Crippen molar-refractivity contribution in [1.82, 2.24) is 9.55 Å². The number of nitro groups is 1. The molecule has 11 heteroatoms. The van der Waals surface area contributed by atoms with Gasteiger partial charge in [-0.3, -0.25) is 19.9 Å². The first-order valence-electron chi connectivity index (χ1n) is 8.91. The molecule has 0 saturated heterocycles. The van der Waals surface area contributed by atoms with Gasteiger partial charge in [0.1, 0.15) is 4.83 Å². The van der Waals surface area contributed by atoms with E-state index < -0.39 is 26.0 Å². The molecule has 0 aliphatic carbocycles. The molecule has 0 bridgehead atoms. The Kier molecular flexibility index (Phi) is 4.86. The number of rotatable bonds is 4. The number of hydrogen-bond donors (Lipinski definition) is 1. The van der Waals surface area contributed by atoms with Crippen molar-refractivity contribution >= 4 is 37.1 Å². The van der Waals surface area contributed by atoms with Crippen molar-refractivity contribution in [3.8, 4) is 16.1 Å². The van der Waals surface area contributed by atoms with Gasteiger partial charge in [0.05, 0.1) is 20.9 Å². The lowest BCUT2D eigenvalue weighted by atomic mass is 10.1. The van der Waals surface area contributed by atoms with E-state index in [1.807, 2.05) is 0 Å². The topological polar surface area (TPSA) is 132 Å². The summed E-state index contributed by atoms with van der Waals surface area (Å²) >= 11 is 1.21. The van der Waals surface area contributed by atoms with E-state index >= 15 is 0 Å². The zero-order valence-corrected chi connectivity index (χ0v) is 17.9. The highest BCUT2D eigenvalue weighted by atomic mass is 32.2. The second-order valence-electron chi connectivity index (χ2n) is 6.90. The number of aromatic nitrogens is 2. The second-order valence-corrected chi connectivity index (χ2v) is 9.94. The Morgan fingerprint density at radius 3 is 2.19 bits per heavy atom. The monoisotopic (exact) mass is 457 g/mol. The van der Waals surface area contributed by atoms with Gasteiger partial charge in [0.2, 0.25) is 0 Å². The van der Waals surface area contributed by atoms with Crippen LogP contribution in [0.2, 0.25) is 0 Å². The van der Waals surface area contributed by atoms with Crippen LogP contribution < -0.4 is 11.2 Å². The number of hydrogen-bond acceptors (Lipinski definition) is 7. The molecule has 0 fully saturated rings. The normalized spacial score (nSPS) is 11.7. The molecular formula is C20H15N3O6S2. The molecule has 0 aliphatic heterocycles. The number of aryl methyl sites for hydroxylation is 1. The van der Waals surface area contributed by atoms with Gasteiger partial charge in [0.25, 0.3) is 11.2 Å². The van der Waals surface area contributed by atoms with Crippen molar-refractivity contribution in [2.24, 2.45) is 0 Å². The van der Waals surface area contributed by atoms with Crippen LogP contribution in [0.3, 0.4) is 0 Å². The summed E-state index contributed by atoms with van der Waals surface area (Å²) in [6, 6.07) is 11.4. The SMILES string of the molecule is Cc1c(-c2ccc([N+](=O)[O-])cc2)sc2[nH]c(=O)n(-c3ccc(S(C)(=O)=O)cc3)c(=O)c12. The van der Waals surface area contributed by atoms with Gasteiger partial charge in [-0.1, -0.05) is 0 Å². The molecule has 2 heterocycles. The van der Waals surface area contributed by atoms with E-state index in [0.29, 0.717) is 26.2 Å². The predicted molar refractivity (Wildman–Crippen MR) is 118 cm³/mol. The van der Waals surface area contributed by atoms with E-state index in [2.05, 4.69) is 4.98 Å². The number of thiophene rings is 1. The minimum atomic E-state index is -3.41. The van der Waals surface area contributed by atoms with Crippen LogP contribution in [0.4, 0.5) is 5.69 Å². The van der Waals surface area contributed by atoms with Crippen LogP contribution in [0.15, 0.2) is 63.0 Å². The number of H-pyrrole nitrogens is 1. The second kappa shape index (κ2) is 7.29. The molecule has 31 heavy (non-hydrogen) atoms. The third-order valence-electron chi connectivity index (χ3n) is 4.85. The molecule has 0 unspecified atom stereocenters. The van der Waals surface area contributed by atoms with E-state index in [1.54, 1.807) is 19.1 Å². The predicted octanol–water partition coefficient (Wildman–Crippen LogP) is 3.03. The Balaban J connectivity index is 1.89. The van der Waals surface area contributed by atoms with Crippen LogP contribution in [-0.2, 0) is 9.84 Å². The van der Waals surface area contributed by atoms with E-state index in [9.17, 15) is 28.1 Å². The maximum absolute atomic E-state index is 13.2. The Hall–Kier alpha value is -3.57. The number of nitrogens with one attached hydrogen (secondary N) is 1. The first-order valence-corrected chi connectivity index (χ1v) is 11.6. The van der Waals surface area contributed by atoms with Crippen molar-refractivity contribution in [3.05, 3.63) is 85.0 Å². The number of fused-ring (bicyclic) bond motifs is 1. The highest BCUT2D eigenvalue weighted by molar-refractivity contribution is 7.90. The first kappa shape index (κ1) is 20.7. The zero-order chi connectivity index (χ0) is 22.5. The quantitative estimate of drug-likeness (QED) is 0.370. The molecule has 0 amide bonds. The number of aromatic amines is 1. The van der Waals surface area contributed by atoms with Gasteiger partial charge in [-0.05, 0) is 54.4 Å².